The molecular weight excluding hydrogens is 540 g/mol. The quantitative estimate of drug-likeness (QED) is 0.313. The van der Waals surface area contributed by atoms with Gasteiger partial charge in [-0.3, -0.25) is 4.79 Å². The lowest BCUT2D eigenvalue weighted by molar-refractivity contribution is 0.0601. The molecule has 0 spiro atoms. The zero-order chi connectivity index (χ0) is 28.2. The Morgan fingerprint density at radius 3 is 2.33 bits per heavy atom. The summed E-state index contributed by atoms with van der Waals surface area (Å²) in [6, 6.07) is 11.5. The van der Waals surface area contributed by atoms with Gasteiger partial charge >= 0.3 is 5.97 Å². The fraction of sp³-hybridized carbons (Fsp3) is 0.357. The highest BCUT2D eigenvalue weighted by atomic mass is 32.2. The summed E-state index contributed by atoms with van der Waals surface area (Å²) >= 11 is 1.30. The molecule has 3 aromatic rings. The average Bonchev–Trinajstić information content (AvgIpc) is 3.51. The number of hydrogen-bond acceptors (Lipinski definition) is 8. The molecule has 11 heteroatoms. The number of anilines is 1. The van der Waals surface area contributed by atoms with Crippen molar-refractivity contribution in [2.24, 2.45) is 0 Å². The van der Waals surface area contributed by atoms with Gasteiger partial charge in [0.1, 0.15) is 5.00 Å². The number of nitrogens with one attached hydrogen (secondary N) is 1. The van der Waals surface area contributed by atoms with Gasteiger partial charge in [-0.25, -0.2) is 13.2 Å². The van der Waals surface area contributed by atoms with Crippen molar-refractivity contribution in [2.45, 2.75) is 44.9 Å². The van der Waals surface area contributed by atoms with Crippen LogP contribution in [-0.4, -0.2) is 51.6 Å². The molecular formula is C28H32N2O7S2. The van der Waals surface area contributed by atoms with Gasteiger partial charge in [0.2, 0.25) is 16.8 Å². The van der Waals surface area contributed by atoms with Gasteiger partial charge in [0.25, 0.3) is 5.91 Å². The number of amides is 1. The molecule has 0 saturated heterocycles. The summed E-state index contributed by atoms with van der Waals surface area (Å²) in [6.07, 6.45) is 1.93. The monoisotopic (exact) mass is 572 g/mol. The first-order valence-corrected chi connectivity index (χ1v) is 15.0. The maximum Gasteiger partial charge on any atom is 0.341 e. The first kappa shape index (κ1) is 28.6. The van der Waals surface area contributed by atoms with Gasteiger partial charge in [0.05, 0.1) is 17.6 Å². The van der Waals surface area contributed by atoms with E-state index in [-0.39, 0.29) is 17.3 Å². The first-order chi connectivity index (χ1) is 18.7. The number of carbonyl (C=O) groups is 2. The van der Waals surface area contributed by atoms with Crippen LogP contribution in [0, 0.1) is 6.92 Å². The van der Waals surface area contributed by atoms with Crippen LogP contribution in [0.5, 0.6) is 11.5 Å². The van der Waals surface area contributed by atoms with Crippen molar-refractivity contribution in [3.63, 3.8) is 0 Å². The predicted octanol–water partition coefficient (Wildman–Crippen LogP) is 5.23. The molecule has 2 aromatic carbocycles. The average molecular weight is 573 g/mol. The van der Waals surface area contributed by atoms with E-state index >= 15 is 0 Å². The minimum absolute atomic E-state index is 0.134. The Balaban J connectivity index is 1.56. The molecule has 0 atom stereocenters. The van der Waals surface area contributed by atoms with E-state index < -0.39 is 21.9 Å². The highest BCUT2D eigenvalue weighted by molar-refractivity contribution is 7.89. The molecule has 208 valence electrons. The minimum Gasteiger partial charge on any atom is -0.465 e. The van der Waals surface area contributed by atoms with Crippen molar-refractivity contribution in [1.29, 1.82) is 0 Å². The summed E-state index contributed by atoms with van der Waals surface area (Å²) in [6.45, 7) is 6.73. The third kappa shape index (κ3) is 6.10. The number of benzene rings is 2. The van der Waals surface area contributed by atoms with Crippen LogP contribution >= 0.6 is 11.3 Å². The van der Waals surface area contributed by atoms with Gasteiger partial charge in [-0.15, -0.1) is 11.3 Å². The van der Waals surface area contributed by atoms with Crippen LogP contribution in [-0.2, 0) is 21.2 Å². The Morgan fingerprint density at radius 2 is 1.69 bits per heavy atom. The first-order valence-electron chi connectivity index (χ1n) is 12.7. The number of fused-ring (bicyclic) bond motifs is 1. The second kappa shape index (κ2) is 12.2. The fourth-order valence-electron chi connectivity index (χ4n) is 4.35. The van der Waals surface area contributed by atoms with E-state index in [0.29, 0.717) is 60.0 Å². The van der Waals surface area contributed by atoms with Gasteiger partial charge < -0.3 is 19.5 Å². The van der Waals surface area contributed by atoms with Crippen molar-refractivity contribution in [3.8, 4) is 11.5 Å². The van der Waals surface area contributed by atoms with Crippen LogP contribution in [0.1, 0.15) is 63.4 Å². The molecule has 1 aliphatic rings. The Labute approximate surface area is 232 Å². The second-order valence-electron chi connectivity index (χ2n) is 9.09. The SMILES string of the molecule is CCCN(CCC)S(=O)(=O)c1ccc(C(=O)Nc2sc(Cc3ccc4c(c3)OCO4)c(C)c2C(=O)OC)cc1. The standard InChI is InChI=1S/C28H32N2O7S2/c1-5-13-30(14-6-2)39(33,34)21-10-8-20(9-11-21)26(31)29-27-25(28(32)35-4)18(3)24(38-27)16-19-7-12-22-23(15-19)37-17-36-22/h7-12,15H,5-6,13-14,16-17H2,1-4H3,(H,29,31). The number of nitrogens with zero attached hydrogens (tertiary/aromatic N) is 1. The molecule has 1 N–H and O–H groups in total. The Bertz CT molecular complexity index is 1460. The van der Waals surface area contributed by atoms with Crippen molar-refractivity contribution >= 4 is 38.2 Å². The molecule has 39 heavy (non-hydrogen) atoms. The number of rotatable bonds is 11. The largest absolute Gasteiger partial charge is 0.465 e. The topological polar surface area (TPSA) is 111 Å². The molecule has 9 nitrogen and oxygen atoms in total. The summed E-state index contributed by atoms with van der Waals surface area (Å²) < 4.78 is 43.4. The summed E-state index contributed by atoms with van der Waals surface area (Å²) in [7, 11) is -2.36. The van der Waals surface area contributed by atoms with Crippen LogP contribution in [0.15, 0.2) is 47.4 Å². The molecule has 1 amide bonds. The molecule has 2 heterocycles. The lowest BCUT2D eigenvalue weighted by atomic mass is 10.1. The number of sulfonamides is 1. The van der Waals surface area contributed by atoms with Gasteiger partial charge in [-0.05, 0) is 67.3 Å². The smallest absolute Gasteiger partial charge is 0.341 e. The molecule has 0 unspecified atom stereocenters. The molecule has 0 aliphatic carbocycles. The highest BCUT2D eigenvalue weighted by Crippen LogP contribution is 2.38. The maximum atomic E-state index is 13.1. The number of methoxy groups -OCH3 is 1. The van der Waals surface area contributed by atoms with Gasteiger partial charge in [-0.2, -0.15) is 4.31 Å². The van der Waals surface area contributed by atoms with Crippen LogP contribution in [0.25, 0.3) is 0 Å². The number of thiophene rings is 1. The second-order valence-corrected chi connectivity index (χ2v) is 12.1. The molecule has 0 fully saturated rings. The van der Waals surface area contributed by atoms with Crippen LogP contribution < -0.4 is 14.8 Å². The Hall–Kier alpha value is -3.41. The number of hydrogen-bond donors (Lipinski definition) is 1. The summed E-state index contributed by atoms with van der Waals surface area (Å²) in [5.74, 6) is 0.344. The van der Waals surface area contributed by atoms with Gasteiger partial charge in [-0.1, -0.05) is 19.9 Å². The fourth-order valence-corrected chi connectivity index (χ4v) is 7.20. The lowest BCUT2D eigenvalue weighted by Gasteiger charge is -2.21. The number of ether oxygens (including phenoxy) is 3. The third-order valence-corrected chi connectivity index (χ3v) is 9.48. The predicted molar refractivity (Wildman–Crippen MR) is 150 cm³/mol. The van der Waals surface area contributed by atoms with Gasteiger partial charge in [0.15, 0.2) is 11.5 Å². The van der Waals surface area contributed by atoms with Crippen LogP contribution in [0.2, 0.25) is 0 Å². The summed E-state index contributed by atoms with van der Waals surface area (Å²) in [5, 5.41) is 3.20. The van der Waals surface area contributed by atoms with E-state index in [1.54, 1.807) is 0 Å². The molecule has 0 radical (unpaired) electrons. The normalized spacial score (nSPS) is 12.5. The molecule has 4 rings (SSSR count). The molecule has 0 saturated carbocycles. The zero-order valence-corrected chi connectivity index (χ0v) is 24.0. The number of carbonyl (C=O) groups excluding carboxylic acids is 2. The summed E-state index contributed by atoms with van der Waals surface area (Å²) in [5.41, 5.74) is 2.24. The Kier molecular flexibility index (Phi) is 8.94. The molecule has 1 aromatic heterocycles. The van der Waals surface area contributed by atoms with Crippen molar-refractivity contribution in [1.82, 2.24) is 4.31 Å². The van der Waals surface area contributed by atoms with Crippen molar-refractivity contribution in [3.05, 3.63) is 69.6 Å². The van der Waals surface area contributed by atoms with Gasteiger partial charge in [0, 0.05) is 30.0 Å². The molecule has 1 aliphatic heterocycles. The maximum absolute atomic E-state index is 13.1. The minimum atomic E-state index is -3.66. The van der Waals surface area contributed by atoms with E-state index in [0.717, 1.165) is 10.4 Å². The van der Waals surface area contributed by atoms with E-state index in [1.165, 1.54) is 47.0 Å². The van der Waals surface area contributed by atoms with Crippen LogP contribution in [0.4, 0.5) is 5.00 Å². The van der Waals surface area contributed by atoms with Crippen molar-refractivity contribution < 1.29 is 32.2 Å². The number of esters is 1. The van der Waals surface area contributed by atoms with E-state index in [2.05, 4.69) is 5.32 Å². The summed E-state index contributed by atoms with van der Waals surface area (Å²) in [4.78, 5) is 26.8. The Morgan fingerprint density at radius 1 is 1.03 bits per heavy atom. The van der Waals surface area contributed by atoms with E-state index in [1.807, 2.05) is 39.0 Å². The van der Waals surface area contributed by atoms with Crippen molar-refractivity contribution in [2.75, 3.05) is 32.3 Å². The third-order valence-electron chi connectivity index (χ3n) is 6.36. The highest BCUT2D eigenvalue weighted by Gasteiger charge is 2.26. The lowest BCUT2D eigenvalue weighted by Crippen LogP contribution is -2.32. The van der Waals surface area contributed by atoms with Crippen LogP contribution in [0.3, 0.4) is 0 Å². The van der Waals surface area contributed by atoms with E-state index in [9.17, 15) is 18.0 Å². The van der Waals surface area contributed by atoms with E-state index in [4.69, 9.17) is 14.2 Å². The molecule has 0 bridgehead atoms. The zero-order valence-electron chi connectivity index (χ0n) is 22.4.